The fourth-order valence-electron chi connectivity index (χ4n) is 4.19. The predicted octanol–water partition coefficient (Wildman–Crippen LogP) is 4.93. The first-order chi connectivity index (χ1) is 15.8. The molecule has 2 aromatic rings. The number of hydrogen-bond donors (Lipinski definition) is 0. The second-order valence-corrected chi connectivity index (χ2v) is 9.99. The Bertz CT molecular complexity index is 942. The van der Waals surface area contributed by atoms with Crippen LogP contribution in [0.4, 0.5) is 0 Å². The summed E-state index contributed by atoms with van der Waals surface area (Å²) in [5.74, 6) is 1.59. The molecule has 2 amide bonds. The number of amides is 2. The summed E-state index contributed by atoms with van der Waals surface area (Å²) >= 11 is 1.72. The molecule has 6 nitrogen and oxygen atoms in total. The molecule has 0 spiro atoms. The third-order valence-corrected chi connectivity index (χ3v) is 7.21. The van der Waals surface area contributed by atoms with Crippen molar-refractivity contribution in [1.29, 1.82) is 0 Å². The molecule has 0 bridgehead atoms. The zero-order valence-corrected chi connectivity index (χ0v) is 21.2. The second-order valence-electron chi connectivity index (χ2n) is 8.99. The molecule has 2 atom stereocenters. The van der Waals surface area contributed by atoms with Gasteiger partial charge < -0.3 is 19.3 Å². The van der Waals surface area contributed by atoms with Crippen molar-refractivity contribution in [3.8, 4) is 11.5 Å². The number of nitrogens with zero attached hydrogens (tertiary/aromatic N) is 2. The topological polar surface area (TPSA) is 59.1 Å². The lowest BCUT2D eigenvalue weighted by atomic mass is 10.00. The van der Waals surface area contributed by atoms with Crippen LogP contribution in [0.1, 0.15) is 57.0 Å². The maximum absolute atomic E-state index is 13.6. The van der Waals surface area contributed by atoms with Crippen LogP contribution in [-0.4, -0.2) is 54.5 Å². The molecule has 2 unspecified atom stereocenters. The van der Waals surface area contributed by atoms with Gasteiger partial charge in [0.05, 0.1) is 13.2 Å². The molecule has 1 aromatic carbocycles. The van der Waals surface area contributed by atoms with Crippen molar-refractivity contribution in [2.75, 3.05) is 26.8 Å². The molecule has 3 rings (SSSR count). The third kappa shape index (κ3) is 6.08. The number of ether oxygens (including phenoxy) is 2. The van der Waals surface area contributed by atoms with E-state index >= 15 is 0 Å². The average molecular weight is 473 g/mol. The van der Waals surface area contributed by atoms with Crippen LogP contribution in [0, 0.1) is 5.92 Å². The summed E-state index contributed by atoms with van der Waals surface area (Å²) in [6.45, 7) is 9.18. The summed E-state index contributed by atoms with van der Waals surface area (Å²) in [4.78, 5) is 31.4. The summed E-state index contributed by atoms with van der Waals surface area (Å²) in [6, 6.07) is 9.45. The minimum absolute atomic E-state index is 0.0185. The van der Waals surface area contributed by atoms with Gasteiger partial charge in [0.25, 0.3) is 0 Å². The van der Waals surface area contributed by atoms with Crippen molar-refractivity contribution in [3.63, 3.8) is 0 Å². The van der Waals surface area contributed by atoms with Crippen LogP contribution in [-0.2, 0) is 16.0 Å². The number of fused-ring (bicyclic) bond motifs is 1. The summed E-state index contributed by atoms with van der Waals surface area (Å²) < 4.78 is 11.6. The number of hydrogen-bond acceptors (Lipinski definition) is 5. The maximum atomic E-state index is 13.6. The van der Waals surface area contributed by atoms with Crippen molar-refractivity contribution in [2.24, 2.45) is 5.92 Å². The molecule has 0 fully saturated rings. The highest BCUT2D eigenvalue weighted by Gasteiger charge is 2.34. The van der Waals surface area contributed by atoms with Crippen molar-refractivity contribution in [3.05, 3.63) is 46.2 Å². The Kier molecular flexibility index (Phi) is 8.78. The molecule has 1 aromatic heterocycles. The number of carbonyl (C=O) groups excluding carboxylic acids is 2. The third-order valence-electron chi connectivity index (χ3n) is 6.21. The molecule has 0 radical (unpaired) electrons. The minimum Gasteiger partial charge on any atom is -0.493 e. The molecule has 180 valence electrons. The van der Waals surface area contributed by atoms with Gasteiger partial charge in [0.2, 0.25) is 11.8 Å². The first-order valence-corrected chi connectivity index (χ1v) is 12.6. The van der Waals surface area contributed by atoms with Crippen molar-refractivity contribution >= 4 is 23.2 Å². The minimum atomic E-state index is -0.198. The lowest BCUT2D eigenvalue weighted by molar-refractivity contribution is -0.144. The first-order valence-electron chi connectivity index (χ1n) is 11.8. The van der Waals surface area contributed by atoms with Crippen LogP contribution in [0.2, 0.25) is 0 Å². The SMILES string of the molecule is CCC(C)N(CC(=O)N1CCc2sccc2C1COc1ccccc1OC)C(=O)CC(C)C. The monoisotopic (exact) mass is 472 g/mol. The van der Waals surface area contributed by atoms with Crippen LogP contribution in [0.3, 0.4) is 0 Å². The normalized spacial score (nSPS) is 16.3. The van der Waals surface area contributed by atoms with Crippen LogP contribution < -0.4 is 9.47 Å². The van der Waals surface area contributed by atoms with E-state index in [9.17, 15) is 9.59 Å². The van der Waals surface area contributed by atoms with E-state index in [2.05, 4.69) is 11.4 Å². The van der Waals surface area contributed by atoms with Gasteiger partial charge in [-0.15, -0.1) is 11.3 Å². The standard InChI is InChI=1S/C26H36N2O4S/c1-6-19(4)28(25(29)15-18(2)3)16-26(30)27-13-11-24-20(12-14-33-24)21(27)17-32-23-10-8-7-9-22(23)31-5/h7-10,12,14,18-19,21H,6,11,13,15-17H2,1-5H3. The molecule has 1 aliphatic heterocycles. The molecule has 1 aliphatic rings. The van der Waals surface area contributed by atoms with Gasteiger partial charge in [-0.05, 0) is 54.8 Å². The molecule has 0 N–H and O–H groups in total. The van der Waals surface area contributed by atoms with Crippen LogP contribution in [0.25, 0.3) is 0 Å². The first kappa shape index (κ1) is 25.1. The Morgan fingerprint density at radius 1 is 1.18 bits per heavy atom. The molecule has 2 heterocycles. The van der Waals surface area contributed by atoms with Crippen LogP contribution in [0.15, 0.2) is 35.7 Å². The quantitative estimate of drug-likeness (QED) is 0.492. The summed E-state index contributed by atoms with van der Waals surface area (Å²) in [6.07, 6.45) is 2.09. The lowest BCUT2D eigenvalue weighted by Gasteiger charge is -2.38. The Morgan fingerprint density at radius 3 is 2.58 bits per heavy atom. The molecule has 33 heavy (non-hydrogen) atoms. The Labute approximate surface area is 201 Å². The Morgan fingerprint density at radius 2 is 1.91 bits per heavy atom. The second kappa shape index (κ2) is 11.5. The summed E-state index contributed by atoms with van der Waals surface area (Å²) in [5.41, 5.74) is 1.14. The molecule has 0 aliphatic carbocycles. The molecule has 7 heteroatoms. The lowest BCUT2D eigenvalue weighted by Crippen LogP contribution is -2.50. The summed E-state index contributed by atoms with van der Waals surface area (Å²) in [5, 5.41) is 2.08. The number of thiophene rings is 1. The fraction of sp³-hybridized carbons (Fsp3) is 0.538. The van der Waals surface area contributed by atoms with Gasteiger partial charge in [-0.1, -0.05) is 32.9 Å². The van der Waals surface area contributed by atoms with Gasteiger partial charge in [-0.3, -0.25) is 9.59 Å². The van der Waals surface area contributed by atoms with Gasteiger partial charge in [-0.25, -0.2) is 0 Å². The Balaban J connectivity index is 1.80. The van der Waals surface area contributed by atoms with Gasteiger partial charge in [0.1, 0.15) is 13.2 Å². The molecular weight excluding hydrogens is 436 g/mol. The number of methoxy groups -OCH3 is 1. The zero-order chi connectivity index (χ0) is 24.0. The van der Waals surface area contributed by atoms with Crippen LogP contribution in [0.5, 0.6) is 11.5 Å². The number of carbonyl (C=O) groups is 2. The van der Waals surface area contributed by atoms with Gasteiger partial charge in [-0.2, -0.15) is 0 Å². The zero-order valence-electron chi connectivity index (χ0n) is 20.4. The van der Waals surface area contributed by atoms with E-state index in [1.165, 1.54) is 4.88 Å². The van der Waals surface area contributed by atoms with Gasteiger partial charge in [0, 0.05) is 23.9 Å². The number of para-hydroxylation sites is 2. The van der Waals surface area contributed by atoms with Crippen molar-refractivity contribution < 1.29 is 19.1 Å². The van der Waals surface area contributed by atoms with E-state index < -0.39 is 0 Å². The van der Waals surface area contributed by atoms with Crippen LogP contribution >= 0.6 is 11.3 Å². The number of rotatable bonds is 10. The van der Waals surface area contributed by atoms with Crippen molar-refractivity contribution in [2.45, 2.75) is 59.0 Å². The highest BCUT2D eigenvalue weighted by atomic mass is 32.1. The van der Waals surface area contributed by atoms with E-state index in [1.54, 1.807) is 23.3 Å². The molecular formula is C26H36N2O4S. The highest BCUT2D eigenvalue weighted by molar-refractivity contribution is 7.10. The van der Waals surface area contributed by atoms with E-state index in [0.717, 1.165) is 18.4 Å². The fourth-order valence-corrected chi connectivity index (χ4v) is 5.12. The van der Waals surface area contributed by atoms with Gasteiger partial charge in [0.15, 0.2) is 11.5 Å². The van der Waals surface area contributed by atoms with E-state index in [4.69, 9.17) is 9.47 Å². The smallest absolute Gasteiger partial charge is 0.242 e. The average Bonchev–Trinajstić information content (AvgIpc) is 3.29. The molecule has 0 saturated carbocycles. The predicted molar refractivity (Wildman–Crippen MR) is 132 cm³/mol. The largest absolute Gasteiger partial charge is 0.493 e. The maximum Gasteiger partial charge on any atom is 0.242 e. The number of benzene rings is 1. The molecule has 0 saturated heterocycles. The van der Waals surface area contributed by atoms with E-state index in [1.807, 2.05) is 56.9 Å². The van der Waals surface area contributed by atoms with E-state index in [-0.39, 0.29) is 36.4 Å². The van der Waals surface area contributed by atoms with Gasteiger partial charge >= 0.3 is 0 Å². The van der Waals surface area contributed by atoms with Crippen molar-refractivity contribution in [1.82, 2.24) is 9.80 Å². The highest BCUT2D eigenvalue weighted by Crippen LogP contribution is 2.35. The summed E-state index contributed by atoms with van der Waals surface area (Å²) in [7, 11) is 1.62. The Hall–Kier alpha value is -2.54. The van der Waals surface area contributed by atoms with E-state index in [0.29, 0.717) is 31.1 Å².